The Bertz CT molecular complexity index is 982. The number of hydrogen-bond donors (Lipinski definition) is 2. The second kappa shape index (κ2) is 7.26. The highest BCUT2D eigenvalue weighted by atomic mass is 16.6. The normalized spacial score (nSPS) is 10.8. The molecule has 1 amide bonds. The number of carboxylic acids is 1. The molecule has 2 N–H and O–H groups in total. The molecule has 3 rings (SSSR count). The van der Waals surface area contributed by atoms with Crippen LogP contribution in [0.3, 0.4) is 0 Å². The second-order valence-corrected chi connectivity index (χ2v) is 5.82. The van der Waals surface area contributed by atoms with Crippen molar-refractivity contribution in [2.45, 2.75) is 26.7 Å². The van der Waals surface area contributed by atoms with Crippen LogP contribution in [0, 0.1) is 13.8 Å². The predicted octanol–water partition coefficient (Wildman–Crippen LogP) is 1.69. The first kappa shape index (κ1) is 17.5. The number of fused-ring (bicyclic) bond motifs is 1. The van der Waals surface area contributed by atoms with Gasteiger partial charge in [0.2, 0.25) is 5.69 Å². The fraction of sp³-hybridized carbons (Fsp3) is 0.294. The highest BCUT2D eigenvalue weighted by Gasteiger charge is 2.16. The predicted molar refractivity (Wildman–Crippen MR) is 90.9 cm³/mol. The van der Waals surface area contributed by atoms with Gasteiger partial charge in [-0.2, -0.15) is 0 Å². The number of amides is 1. The van der Waals surface area contributed by atoms with E-state index < -0.39 is 5.97 Å². The van der Waals surface area contributed by atoms with E-state index in [4.69, 9.17) is 5.11 Å². The third-order valence-corrected chi connectivity index (χ3v) is 3.97. The minimum atomic E-state index is -1.19. The van der Waals surface area contributed by atoms with Crippen molar-refractivity contribution in [2.24, 2.45) is 0 Å². The molecule has 0 unspecified atom stereocenters. The summed E-state index contributed by atoms with van der Waals surface area (Å²) in [5.74, 6) is -1.42. The molecule has 0 saturated carbocycles. The lowest BCUT2D eigenvalue weighted by atomic mass is 10.1. The van der Waals surface area contributed by atoms with Crippen LogP contribution in [0.15, 0.2) is 22.8 Å². The van der Waals surface area contributed by atoms with Gasteiger partial charge in [0.05, 0.1) is 22.4 Å². The Labute approximate surface area is 148 Å². The zero-order valence-electron chi connectivity index (χ0n) is 14.3. The van der Waals surface area contributed by atoms with Gasteiger partial charge in [0.1, 0.15) is 5.69 Å². The summed E-state index contributed by atoms with van der Waals surface area (Å²) >= 11 is 0. The Morgan fingerprint density at radius 3 is 2.58 bits per heavy atom. The lowest BCUT2D eigenvalue weighted by Crippen LogP contribution is -2.25. The van der Waals surface area contributed by atoms with Gasteiger partial charge in [-0.25, -0.2) is 19.4 Å². The van der Waals surface area contributed by atoms with Crippen LogP contribution in [0.4, 0.5) is 0 Å². The molecule has 134 valence electrons. The number of hydrogen-bond acceptors (Lipinski definition) is 7. The van der Waals surface area contributed by atoms with E-state index in [2.05, 4.69) is 30.2 Å². The maximum atomic E-state index is 12.3. The molecule has 0 aliphatic carbocycles. The molecule has 1 aromatic carbocycles. The van der Waals surface area contributed by atoms with Gasteiger partial charge in [0.15, 0.2) is 0 Å². The average molecular weight is 355 g/mol. The monoisotopic (exact) mass is 355 g/mol. The summed E-state index contributed by atoms with van der Waals surface area (Å²) in [5, 5.41) is 18.6. The van der Waals surface area contributed by atoms with Gasteiger partial charge in [-0.1, -0.05) is 5.16 Å². The Morgan fingerprint density at radius 2 is 1.85 bits per heavy atom. The second-order valence-electron chi connectivity index (χ2n) is 5.82. The smallest absolute Gasteiger partial charge is 0.360 e. The van der Waals surface area contributed by atoms with Crippen molar-refractivity contribution in [1.29, 1.82) is 0 Å². The molecular formula is C17H17N5O4. The third-order valence-electron chi connectivity index (χ3n) is 3.97. The number of aromatic carboxylic acids is 1. The van der Waals surface area contributed by atoms with Crippen molar-refractivity contribution >= 4 is 22.9 Å². The minimum absolute atomic E-state index is 0.199. The van der Waals surface area contributed by atoms with Crippen molar-refractivity contribution in [3.05, 3.63) is 46.5 Å². The van der Waals surface area contributed by atoms with Crippen LogP contribution in [0.1, 0.15) is 44.3 Å². The molecule has 0 atom stereocenters. The number of aromatic nitrogens is 4. The van der Waals surface area contributed by atoms with Crippen LogP contribution in [0.25, 0.3) is 11.0 Å². The van der Waals surface area contributed by atoms with Gasteiger partial charge in [-0.05, 0) is 50.0 Å². The molecule has 0 saturated heterocycles. The zero-order chi connectivity index (χ0) is 18.7. The molecule has 9 nitrogen and oxygen atoms in total. The number of aryl methyl sites for hydroxylation is 3. The lowest BCUT2D eigenvalue weighted by Gasteiger charge is -2.07. The number of carbonyl (C=O) groups is 2. The number of carboxylic acid groups (broad SMARTS) is 1. The first-order valence-corrected chi connectivity index (χ1v) is 8.03. The molecule has 0 fully saturated rings. The van der Waals surface area contributed by atoms with E-state index in [9.17, 15) is 9.59 Å². The molecule has 3 aromatic rings. The van der Waals surface area contributed by atoms with Gasteiger partial charge in [0.25, 0.3) is 5.91 Å². The number of nitrogens with zero attached hydrogens (tertiary/aromatic N) is 4. The van der Waals surface area contributed by atoms with Crippen LogP contribution in [0.2, 0.25) is 0 Å². The molecule has 0 spiro atoms. The van der Waals surface area contributed by atoms with Crippen molar-refractivity contribution < 1.29 is 19.3 Å². The van der Waals surface area contributed by atoms with Crippen LogP contribution >= 0.6 is 0 Å². The van der Waals surface area contributed by atoms with E-state index in [0.29, 0.717) is 30.5 Å². The molecule has 0 aliphatic rings. The van der Waals surface area contributed by atoms with Crippen molar-refractivity contribution in [3.8, 4) is 0 Å². The Morgan fingerprint density at radius 1 is 1.12 bits per heavy atom. The summed E-state index contributed by atoms with van der Waals surface area (Å²) in [4.78, 5) is 32.1. The molecule has 9 heteroatoms. The number of nitrogens with one attached hydrogen (secondary N) is 1. The Balaban J connectivity index is 1.60. The Hall–Kier alpha value is -3.36. The summed E-state index contributed by atoms with van der Waals surface area (Å²) in [6.07, 6.45) is 0.846. The minimum Gasteiger partial charge on any atom is -0.476 e. The summed E-state index contributed by atoms with van der Waals surface area (Å²) in [7, 11) is 0. The zero-order valence-corrected chi connectivity index (χ0v) is 14.3. The molecule has 0 aliphatic heterocycles. The fourth-order valence-corrected chi connectivity index (χ4v) is 2.46. The first-order valence-electron chi connectivity index (χ1n) is 8.03. The maximum Gasteiger partial charge on any atom is 0.360 e. The molecule has 0 bridgehead atoms. The maximum absolute atomic E-state index is 12.3. The number of rotatable bonds is 6. The standard InChI is InChI=1S/C17H17N5O4/c1-9-10(2)20-14-8-11(5-6-12(14)19-9)16(23)18-7-3-4-13-15(17(24)25)22-26-21-13/h5-6,8H,3-4,7H2,1-2H3,(H,18,23)(H,24,25). The average Bonchev–Trinajstić information content (AvgIpc) is 3.08. The SMILES string of the molecule is Cc1nc2ccc(C(=O)NCCCc3nonc3C(=O)O)cc2nc1C. The van der Waals surface area contributed by atoms with E-state index >= 15 is 0 Å². The largest absolute Gasteiger partial charge is 0.476 e. The number of carbonyl (C=O) groups excluding carboxylic acids is 1. The first-order chi connectivity index (χ1) is 12.5. The lowest BCUT2D eigenvalue weighted by molar-refractivity contribution is 0.0683. The topological polar surface area (TPSA) is 131 Å². The van der Waals surface area contributed by atoms with Crippen molar-refractivity contribution in [1.82, 2.24) is 25.6 Å². The molecule has 26 heavy (non-hydrogen) atoms. The highest BCUT2D eigenvalue weighted by Crippen LogP contribution is 2.14. The summed E-state index contributed by atoms with van der Waals surface area (Å²) < 4.78 is 4.43. The Kier molecular flexibility index (Phi) is 4.87. The van der Waals surface area contributed by atoms with E-state index in [-0.39, 0.29) is 17.3 Å². The van der Waals surface area contributed by atoms with Crippen LogP contribution in [-0.2, 0) is 6.42 Å². The van der Waals surface area contributed by atoms with E-state index in [1.54, 1.807) is 18.2 Å². The van der Waals surface area contributed by atoms with Gasteiger partial charge < -0.3 is 10.4 Å². The molecule has 2 aromatic heterocycles. The van der Waals surface area contributed by atoms with E-state index in [0.717, 1.165) is 16.9 Å². The summed E-state index contributed by atoms with van der Waals surface area (Å²) in [5.41, 5.74) is 3.64. The van der Waals surface area contributed by atoms with Crippen LogP contribution < -0.4 is 5.32 Å². The van der Waals surface area contributed by atoms with Gasteiger partial charge in [-0.3, -0.25) is 4.79 Å². The molecule has 2 heterocycles. The van der Waals surface area contributed by atoms with Crippen LogP contribution in [-0.4, -0.2) is 43.8 Å². The van der Waals surface area contributed by atoms with Crippen molar-refractivity contribution in [3.63, 3.8) is 0 Å². The van der Waals surface area contributed by atoms with E-state index in [1.807, 2.05) is 13.8 Å². The highest BCUT2D eigenvalue weighted by molar-refractivity contribution is 5.97. The van der Waals surface area contributed by atoms with Gasteiger partial charge in [0, 0.05) is 12.1 Å². The summed E-state index contributed by atoms with van der Waals surface area (Å²) in [6, 6.07) is 5.17. The quantitative estimate of drug-likeness (QED) is 0.639. The van der Waals surface area contributed by atoms with E-state index in [1.165, 1.54) is 0 Å². The molecule has 0 radical (unpaired) electrons. The van der Waals surface area contributed by atoms with Crippen molar-refractivity contribution in [2.75, 3.05) is 6.54 Å². The molecular weight excluding hydrogens is 338 g/mol. The fourth-order valence-electron chi connectivity index (χ4n) is 2.46. The van der Waals surface area contributed by atoms with Crippen LogP contribution in [0.5, 0.6) is 0 Å². The van der Waals surface area contributed by atoms with Gasteiger partial charge >= 0.3 is 5.97 Å². The summed E-state index contributed by atoms with van der Waals surface area (Å²) in [6.45, 7) is 4.13. The number of benzene rings is 1. The third kappa shape index (κ3) is 3.66. The van der Waals surface area contributed by atoms with Gasteiger partial charge in [-0.15, -0.1) is 0 Å².